The maximum atomic E-state index is 11.9. The topological polar surface area (TPSA) is 26.3 Å². The SMILES string of the molecule is O=C(CSc1cccc(Cl)c1)CC1CCOCC1. The zero-order valence-electron chi connectivity index (χ0n) is 10.2. The molecule has 1 heterocycles. The first kappa shape index (κ1) is 13.9. The largest absolute Gasteiger partial charge is 0.381 e. The molecule has 1 aromatic carbocycles. The molecule has 0 aromatic heterocycles. The molecule has 18 heavy (non-hydrogen) atoms. The molecule has 0 unspecified atom stereocenters. The van der Waals surface area contributed by atoms with E-state index >= 15 is 0 Å². The summed E-state index contributed by atoms with van der Waals surface area (Å²) in [7, 11) is 0. The lowest BCUT2D eigenvalue weighted by atomic mass is 9.95. The van der Waals surface area contributed by atoms with Crippen LogP contribution in [0, 0.1) is 5.92 Å². The lowest BCUT2D eigenvalue weighted by Gasteiger charge is -2.21. The lowest BCUT2D eigenvalue weighted by molar-refractivity contribution is -0.118. The van der Waals surface area contributed by atoms with Gasteiger partial charge in [-0.15, -0.1) is 11.8 Å². The second-order valence-corrected chi connectivity index (χ2v) is 6.03. The molecule has 0 saturated carbocycles. The van der Waals surface area contributed by atoms with E-state index in [1.807, 2.05) is 24.3 Å². The summed E-state index contributed by atoms with van der Waals surface area (Å²) < 4.78 is 5.29. The summed E-state index contributed by atoms with van der Waals surface area (Å²) in [6.07, 6.45) is 2.73. The van der Waals surface area contributed by atoms with E-state index < -0.39 is 0 Å². The third-order valence-corrected chi connectivity index (χ3v) is 4.34. The maximum Gasteiger partial charge on any atom is 0.143 e. The predicted molar refractivity (Wildman–Crippen MR) is 75.3 cm³/mol. The monoisotopic (exact) mass is 284 g/mol. The lowest BCUT2D eigenvalue weighted by Crippen LogP contribution is -2.19. The normalized spacial score (nSPS) is 16.7. The minimum atomic E-state index is 0.326. The number of rotatable bonds is 5. The molecule has 0 spiro atoms. The number of carbonyl (C=O) groups excluding carboxylic acids is 1. The molecule has 1 saturated heterocycles. The van der Waals surface area contributed by atoms with Crippen LogP contribution >= 0.6 is 23.4 Å². The molecule has 1 aromatic rings. The molecule has 2 nitrogen and oxygen atoms in total. The molecule has 1 aliphatic rings. The summed E-state index contributed by atoms with van der Waals surface area (Å²) in [6.45, 7) is 1.61. The molecule has 1 aliphatic heterocycles. The Morgan fingerprint density at radius 3 is 2.89 bits per heavy atom. The highest BCUT2D eigenvalue weighted by atomic mass is 35.5. The minimum absolute atomic E-state index is 0.326. The van der Waals surface area contributed by atoms with Gasteiger partial charge in [-0.3, -0.25) is 4.79 Å². The van der Waals surface area contributed by atoms with Gasteiger partial charge in [-0.25, -0.2) is 0 Å². The second kappa shape index (κ2) is 7.17. The van der Waals surface area contributed by atoms with Crippen molar-refractivity contribution in [2.24, 2.45) is 5.92 Å². The van der Waals surface area contributed by atoms with Gasteiger partial charge in [-0.2, -0.15) is 0 Å². The molecule has 0 N–H and O–H groups in total. The van der Waals surface area contributed by atoms with Crippen LogP contribution in [0.2, 0.25) is 5.02 Å². The highest BCUT2D eigenvalue weighted by Gasteiger charge is 2.17. The Hall–Kier alpha value is -0.510. The fourth-order valence-corrected chi connectivity index (χ4v) is 3.14. The van der Waals surface area contributed by atoms with Crippen molar-refractivity contribution < 1.29 is 9.53 Å². The quantitative estimate of drug-likeness (QED) is 0.769. The van der Waals surface area contributed by atoms with E-state index in [1.54, 1.807) is 11.8 Å². The molecule has 0 radical (unpaired) electrons. The van der Waals surface area contributed by atoms with E-state index in [1.165, 1.54) is 0 Å². The van der Waals surface area contributed by atoms with Crippen LogP contribution in [0.3, 0.4) is 0 Å². The summed E-state index contributed by atoms with van der Waals surface area (Å²) >= 11 is 7.47. The highest BCUT2D eigenvalue weighted by Crippen LogP contribution is 2.24. The summed E-state index contributed by atoms with van der Waals surface area (Å²) in [5.41, 5.74) is 0. The fraction of sp³-hybridized carbons (Fsp3) is 0.500. The van der Waals surface area contributed by atoms with Crippen LogP contribution < -0.4 is 0 Å². The zero-order chi connectivity index (χ0) is 12.8. The van der Waals surface area contributed by atoms with Crippen LogP contribution in [-0.2, 0) is 9.53 Å². The number of hydrogen-bond acceptors (Lipinski definition) is 3. The highest BCUT2D eigenvalue weighted by molar-refractivity contribution is 8.00. The number of halogens is 1. The first-order valence-electron chi connectivity index (χ1n) is 6.22. The average Bonchev–Trinajstić information content (AvgIpc) is 2.38. The number of ether oxygens (including phenoxy) is 1. The minimum Gasteiger partial charge on any atom is -0.381 e. The zero-order valence-corrected chi connectivity index (χ0v) is 11.8. The molecule has 1 fully saturated rings. The van der Waals surface area contributed by atoms with Crippen molar-refractivity contribution in [1.82, 2.24) is 0 Å². The van der Waals surface area contributed by atoms with E-state index in [0.717, 1.165) is 36.0 Å². The predicted octanol–water partition coefficient (Wildman–Crippen LogP) is 3.82. The van der Waals surface area contributed by atoms with E-state index in [4.69, 9.17) is 16.3 Å². The maximum absolute atomic E-state index is 11.9. The second-order valence-electron chi connectivity index (χ2n) is 4.54. The third kappa shape index (κ3) is 4.63. The van der Waals surface area contributed by atoms with Gasteiger partial charge in [0.2, 0.25) is 0 Å². The van der Waals surface area contributed by atoms with Crippen molar-refractivity contribution in [3.8, 4) is 0 Å². The summed E-state index contributed by atoms with van der Waals surface area (Å²) in [4.78, 5) is 12.9. The first-order chi connectivity index (χ1) is 8.74. The van der Waals surface area contributed by atoms with Gasteiger partial charge in [-0.05, 0) is 37.0 Å². The molecule has 2 rings (SSSR count). The number of carbonyl (C=O) groups is 1. The summed E-state index contributed by atoms with van der Waals surface area (Å²) in [5.74, 6) is 1.38. The van der Waals surface area contributed by atoms with Gasteiger partial charge in [0.1, 0.15) is 5.78 Å². The van der Waals surface area contributed by atoms with Crippen molar-refractivity contribution in [3.05, 3.63) is 29.3 Å². The van der Waals surface area contributed by atoms with Crippen molar-refractivity contribution in [2.45, 2.75) is 24.2 Å². The van der Waals surface area contributed by atoms with E-state index in [9.17, 15) is 4.79 Å². The Morgan fingerprint density at radius 1 is 1.39 bits per heavy atom. The van der Waals surface area contributed by atoms with Crippen LogP contribution in [0.4, 0.5) is 0 Å². The Kier molecular flexibility index (Phi) is 5.54. The van der Waals surface area contributed by atoms with Crippen LogP contribution in [0.25, 0.3) is 0 Å². The van der Waals surface area contributed by atoms with E-state index in [2.05, 4.69) is 0 Å². The molecule has 4 heteroatoms. The summed E-state index contributed by atoms with van der Waals surface area (Å²) in [6, 6.07) is 7.63. The standard InChI is InChI=1S/C14H17ClO2S/c15-12-2-1-3-14(9-12)18-10-13(16)8-11-4-6-17-7-5-11/h1-3,9,11H,4-8,10H2. The fourth-order valence-electron chi connectivity index (χ4n) is 2.05. The van der Waals surface area contributed by atoms with Crippen molar-refractivity contribution >= 4 is 29.1 Å². The van der Waals surface area contributed by atoms with E-state index in [0.29, 0.717) is 23.9 Å². The number of thioether (sulfide) groups is 1. The molecule has 0 atom stereocenters. The van der Waals surface area contributed by atoms with Gasteiger partial charge >= 0.3 is 0 Å². The number of hydrogen-bond donors (Lipinski definition) is 0. The van der Waals surface area contributed by atoms with Crippen LogP contribution in [-0.4, -0.2) is 24.7 Å². The number of ketones is 1. The van der Waals surface area contributed by atoms with Crippen molar-refractivity contribution in [2.75, 3.05) is 19.0 Å². The van der Waals surface area contributed by atoms with Gasteiger partial charge in [0.25, 0.3) is 0 Å². The third-order valence-electron chi connectivity index (χ3n) is 3.05. The molecular weight excluding hydrogens is 268 g/mol. The average molecular weight is 285 g/mol. The molecular formula is C14H17ClO2S. The van der Waals surface area contributed by atoms with Crippen molar-refractivity contribution in [3.63, 3.8) is 0 Å². The van der Waals surface area contributed by atoms with Crippen LogP contribution in [0.1, 0.15) is 19.3 Å². The van der Waals surface area contributed by atoms with Gasteiger partial charge in [-0.1, -0.05) is 17.7 Å². The Labute approximate surface area is 117 Å². The summed E-state index contributed by atoms with van der Waals surface area (Å²) in [5, 5.41) is 0.719. The smallest absolute Gasteiger partial charge is 0.143 e. The van der Waals surface area contributed by atoms with Crippen LogP contribution in [0.15, 0.2) is 29.2 Å². The molecule has 98 valence electrons. The van der Waals surface area contributed by atoms with Gasteiger partial charge in [0.15, 0.2) is 0 Å². The molecule has 0 amide bonds. The van der Waals surface area contributed by atoms with Crippen molar-refractivity contribution in [1.29, 1.82) is 0 Å². The Morgan fingerprint density at radius 2 is 2.17 bits per heavy atom. The van der Waals surface area contributed by atoms with Gasteiger partial charge in [0.05, 0.1) is 5.75 Å². The Bertz CT molecular complexity index is 403. The molecule has 0 bridgehead atoms. The van der Waals surface area contributed by atoms with Crippen LogP contribution in [0.5, 0.6) is 0 Å². The molecule has 0 aliphatic carbocycles. The van der Waals surface area contributed by atoms with E-state index in [-0.39, 0.29) is 0 Å². The Balaban J connectivity index is 1.74. The number of Topliss-reactive ketones (excluding diaryl/α,β-unsaturated/α-hetero) is 1. The number of benzene rings is 1. The van der Waals surface area contributed by atoms with Gasteiger partial charge < -0.3 is 4.74 Å². The first-order valence-corrected chi connectivity index (χ1v) is 7.58. The van der Waals surface area contributed by atoms with Gasteiger partial charge in [0, 0.05) is 29.6 Å².